The first-order valence-electron chi connectivity index (χ1n) is 12.0. The molecular formula is C28H24N2O4. The summed E-state index contributed by atoms with van der Waals surface area (Å²) in [7, 11) is 0. The van der Waals surface area contributed by atoms with Gasteiger partial charge in [-0.3, -0.25) is 29.0 Å². The standard InChI is InChI=1S/C28H24N2O4/c31-25-21-17-11-12-18(22(21)26(32)29(25)13-15-7-3-1-4-8-15)20-19(17)23-24(20)28(34)30(27(23)33)14-16-9-5-2-6-10-16/h1-12,17-24H,13-14H2/t17-,18-,19-,20-,21-,22+,23-,24-/m1/s1. The third kappa shape index (κ3) is 2.46. The van der Waals surface area contributed by atoms with Crippen LogP contribution >= 0.6 is 0 Å². The molecule has 2 saturated heterocycles. The Morgan fingerprint density at radius 3 is 1.24 bits per heavy atom. The molecule has 8 atom stereocenters. The molecule has 6 aliphatic rings. The van der Waals surface area contributed by atoms with Gasteiger partial charge in [0, 0.05) is 0 Å². The molecule has 0 aromatic heterocycles. The Bertz CT molecular complexity index is 1200. The molecule has 34 heavy (non-hydrogen) atoms. The molecule has 0 radical (unpaired) electrons. The lowest BCUT2D eigenvalue weighted by Gasteiger charge is -2.60. The second-order valence-electron chi connectivity index (χ2n) is 10.3. The van der Waals surface area contributed by atoms with E-state index >= 15 is 0 Å². The van der Waals surface area contributed by atoms with Gasteiger partial charge >= 0.3 is 0 Å². The number of likely N-dealkylation sites (tertiary alicyclic amines) is 2. The Kier molecular flexibility index (Phi) is 4.08. The molecule has 2 saturated carbocycles. The van der Waals surface area contributed by atoms with E-state index in [-0.39, 0.29) is 72.2 Å². The highest BCUT2D eigenvalue weighted by Crippen LogP contribution is 2.68. The van der Waals surface area contributed by atoms with Crippen LogP contribution in [0.1, 0.15) is 11.1 Å². The molecule has 170 valence electrons. The van der Waals surface area contributed by atoms with Crippen LogP contribution in [0, 0.1) is 47.3 Å². The molecule has 2 heterocycles. The van der Waals surface area contributed by atoms with Crippen LogP contribution in [0.25, 0.3) is 0 Å². The van der Waals surface area contributed by atoms with E-state index in [1.54, 1.807) is 0 Å². The number of carbonyl (C=O) groups excluding carboxylic acids is 4. The molecule has 6 heteroatoms. The van der Waals surface area contributed by atoms with E-state index in [1.807, 2.05) is 60.7 Å². The van der Waals surface area contributed by atoms with Crippen molar-refractivity contribution in [2.75, 3.05) is 0 Å². The number of allylic oxidation sites excluding steroid dienone is 2. The lowest BCUT2D eigenvalue weighted by atomic mass is 9.40. The normalized spacial score (nSPS) is 37.1. The third-order valence-corrected chi connectivity index (χ3v) is 8.89. The molecule has 6 nitrogen and oxygen atoms in total. The van der Waals surface area contributed by atoms with Crippen LogP contribution in [0.4, 0.5) is 0 Å². The molecular weight excluding hydrogens is 428 g/mol. The second kappa shape index (κ2) is 6.98. The van der Waals surface area contributed by atoms with Crippen LogP contribution in [-0.4, -0.2) is 33.4 Å². The molecule has 0 spiro atoms. The molecule has 4 aliphatic carbocycles. The van der Waals surface area contributed by atoms with Crippen LogP contribution in [0.5, 0.6) is 0 Å². The summed E-state index contributed by atoms with van der Waals surface area (Å²) in [5.41, 5.74) is 1.85. The maximum Gasteiger partial charge on any atom is 0.234 e. The van der Waals surface area contributed by atoms with Gasteiger partial charge in [-0.2, -0.15) is 0 Å². The van der Waals surface area contributed by atoms with Crippen LogP contribution < -0.4 is 0 Å². The highest BCUT2D eigenvalue weighted by atomic mass is 16.2. The minimum atomic E-state index is -0.417. The van der Waals surface area contributed by atoms with Gasteiger partial charge in [-0.1, -0.05) is 72.8 Å². The highest BCUT2D eigenvalue weighted by Gasteiger charge is 2.74. The zero-order valence-electron chi connectivity index (χ0n) is 18.5. The summed E-state index contributed by atoms with van der Waals surface area (Å²) in [4.78, 5) is 56.5. The van der Waals surface area contributed by atoms with Gasteiger partial charge in [0.1, 0.15) is 0 Å². The van der Waals surface area contributed by atoms with Gasteiger partial charge in [0.2, 0.25) is 23.6 Å². The van der Waals surface area contributed by atoms with E-state index in [1.165, 1.54) is 9.80 Å². The van der Waals surface area contributed by atoms with E-state index in [0.717, 1.165) is 11.1 Å². The number of nitrogens with zero attached hydrogens (tertiary/aromatic N) is 2. The Labute approximate surface area is 197 Å². The fourth-order valence-corrected chi connectivity index (χ4v) is 7.57. The average Bonchev–Trinajstić information content (AvgIpc) is 3.21. The molecule has 2 aromatic carbocycles. The largest absolute Gasteiger partial charge is 0.278 e. The predicted octanol–water partition coefficient (Wildman–Crippen LogP) is 2.65. The quantitative estimate of drug-likeness (QED) is 0.528. The first-order valence-corrected chi connectivity index (χ1v) is 12.0. The van der Waals surface area contributed by atoms with E-state index in [2.05, 4.69) is 12.2 Å². The van der Waals surface area contributed by atoms with E-state index < -0.39 is 11.8 Å². The van der Waals surface area contributed by atoms with E-state index in [0.29, 0.717) is 0 Å². The third-order valence-electron chi connectivity index (χ3n) is 8.89. The predicted molar refractivity (Wildman–Crippen MR) is 121 cm³/mol. The Morgan fingerprint density at radius 1 is 0.500 bits per heavy atom. The Balaban J connectivity index is 1.18. The number of hydrogen-bond donors (Lipinski definition) is 0. The smallest absolute Gasteiger partial charge is 0.234 e. The van der Waals surface area contributed by atoms with Gasteiger partial charge in [-0.05, 0) is 34.8 Å². The van der Waals surface area contributed by atoms with E-state index in [4.69, 9.17) is 0 Å². The molecule has 2 aliphatic heterocycles. The number of rotatable bonds is 4. The van der Waals surface area contributed by atoms with Crippen molar-refractivity contribution in [2.45, 2.75) is 13.1 Å². The summed E-state index contributed by atoms with van der Waals surface area (Å²) in [6.07, 6.45) is 4.11. The maximum atomic E-state index is 13.5. The number of fused-ring (bicyclic) bond motifs is 1. The van der Waals surface area contributed by atoms with Gasteiger partial charge in [0.05, 0.1) is 36.8 Å². The maximum absolute atomic E-state index is 13.5. The van der Waals surface area contributed by atoms with E-state index in [9.17, 15) is 19.2 Å². The summed E-state index contributed by atoms with van der Waals surface area (Å²) in [6, 6.07) is 19.1. The molecule has 0 N–H and O–H groups in total. The lowest BCUT2D eigenvalue weighted by Crippen LogP contribution is -2.63. The number of imide groups is 2. The summed E-state index contributed by atoms with van der Waals surface area (Å²) in [5, 5.41) is 0. The minimum absolute atomic E-state index is 0.0353. The zero-order valence-corrected chi connectivity index (χ0v) is 18.5. The first-order chi connectivity index (χ1) is 16.6. The summed E-state index contributed by atoms with van der Waals surface area (Å²) >= 11 is 0. The second-order valence-corrected chi connectivity index (χ2v) is 10.3. The van der Waals surface area contributed by atoms with Crippen LogP contribution in [-0.2, 0) is 32.3 Å². The highest BCUT2D eigenvalue weighted by molar-refractivity contribution is 6.09. The van der Waals surface area contributed by atoms with Crippen LogP contribution in [0.3, 0.4) is 0 Å². The topological polar surface area (TPSA) is 74.8 Å². The van der Waals surface area contributed by atoms with Gasteiger partial charge in [-0.25, -0.2) is 0 Å². The van der Waals surface area contributed by atoms with Crippen molar-refractivity contribution in [2.24, 2.45) is 47.3 Å². The number of amides is 4. The van der Waals surface area contributed by atoms with Crippen molar-refractivity contribution in [1.82, 2.24) is 9.80 Å². The number of benzene rings is 2. The molecule has 2 bridgehead atoms. The fraction of sp³-hybridized carbons (Fsp3) is 0.357. The summed E-state index contributed by atoms with van der Waals surface area (Å²) in [5.74, 6) is -2.45. The van der Waals surface area contributed by atoms with Crippen LogP contribution in [0.2, 0.25) is 0 Å². The van der Waals surface area contributed by atoms with Gasteiger partial charge in [0.15, 0.2) is 0 Å². The van der Waals surface area contributed by atoms with Crippen molar-refractivity contribution in [3.05, 3.63) is 83.9 Å². The van der Waals surface area contributed by atoms with Crippen molar-refractivity contribution in [1.29, 1.82) is 0 Å². The Hall–Kier alpha value is -3.54. The molecule has 0 unspecified atom stereocenters. The minimum Gasteiger partial charge on any atom is -0.278 e. The fourth-order valence-electron chi connectivity index (χ4n) is 7.57. The first kappa shape index (κ1) is 19.9. The molecule has 2 aromatic rings. The summed E-state index contributed by atoms with van der Waals surface area (Å²) < 4.78 is 0. The molecule has 4 fully saturated rings. The summed E-state index contributed by atoms with van der Waals surface area (Å²) in [6.45, 7) is 0.555. The average molecular weight is 453 g/mol. The Morgan fingerprint density at radius 2 is 0.853 bits per heavy atom. The monoisotopic (exact) mass is 452 g/mol. The zero-order chi connectivity index (χ0) is 23.1. The number of hydrogen-bond acceptors (Lipinski definition) is 4. The van der Waals surface area contributed by atoms with Crippen molar-refractivity contribution < 1.29 is 19.2 Å². The van der Waals surface area contributed by atoms with Crippen molar-refractivity contribution >= 4 is 23.6 Å². The molecule has 8 rings (SSSR count). The number of carbonyl (C=O) groups is 4. The van der Waals surface area contributed by atoms with Crippen LogP contribution in [0.15, 0.2) is 72.8 Å². The van der Waals surface area contributed by atoms with Gasteiger partial charge < -0.3 is 0 Å². The van der Waals surface area contributed by atoms with Crippen molar-refractivity contribution in [3.63, 3.8) is 0 Å². The van der Waals surface area contributed by atoms with Gasteiger partial charge in [-0.15, -0.1) is 0 Å². The molecule has 4 amide bonds. The van der Waals surface area contributed by atoms with Gasteiger partial charge in [0.25, 0.3) is 0 Å². The lowest BCUT2D eigenvalue weighted by molar-refractivity contribution is -0.166. The SMILES string of the molecule is O=C1[C@@H]2[C@@H]3C=C[C@@H]([C@@H]2C(=O)N1Cc1ccccc1)[C@H]1[C@H]2C(=O)N(Cc4ccccc4)C(=O)[C@@H]2[C@H]31. The van der Waals surface area contributed by atoms with Crippen molar-refractivity contribution in [3.8, 4) is 0 Å².